The highest BCUT2D eigenvalue weighted by molar-refractivity contribution is 7.57. The molecule has 0 spiro atoms. The molecule has 0 heterocycles. The monoisotopic (exact) mass is 458 g/mol. The highest BCUT2D eigenvalue weighted by Gasteiger charge is 2.29. The van der Waals surface area contributed by atoms with Gasteiger partial charge in [0.05, 0.1) is 11.1 Å². The molecule has 0 saturated heterocycles. The van der Waals surface area contributed by atoms with Gasteiger partial charge in [0.2, 0.25) is 0 Å². The van der Waals surface area contributed by atoms with E-state index < -0.39 is 27.1 Å². The average Bonchev–Trinajstić information content (AvgIpc) is 2.69. The maximum absolute atomic E-state index is 12.4. The maximum Gasteiger partial charge on any atom is 0.403 e. The summed E-state index contributed by atoms with van der Waals surface area (Å²) in [5.41, 5.74) is 0.568. The highest BCUT2D eigenvalue weighted by Crippen LogP contribution is 2.48. The predicted octanol–water partition coefficient (Wildman–Crippen LogP) is 5.78. The Kier molecular flexibility index (Phi) is 9.92. The largest absolute Gasteiger partial charge is 0.403 e. The molecule has 30 heavy (non-hydrogen) atoms. The standard InChI is InChI=1S/C20H28O8P2/c1-5-15(6-2)13-29(23,24)27-19(21)17-11-9-10-12-18(17)20(22)28-30(25,26)14-16(7-3)8-4/h9-14H,5-8H2,1-4H3,(H,23,24)(H,25,26). The first-order valence-electron chi connectivity index (χ1n) is 9.61. The van der Waals surface area contributed by atoms with Crippen LogP contribution in [0.1, 0.15) is 74.1 Å². The second-order valence-electron chi connectivity index (χ2n) is 6.42. The van der Waals surface area contributed by atoms with E-state index >= 15 is 0 Å². The zero-order valence-electron chi connectivity index (χ0n) is 17.5. The van der Waals surface area contributed by atoms with E-state index in [4.69, 9.17) is 9.05 Å². The Morgan fingerprint density at radius 1 is 0.767 bits per heavy atom. The number of hydrogen-bond acceptors (Lipinski definition) is 6. The molecule has 0 radical (unpaired) electrons. The van der Waals surface area contributed by atoms with Gasteiger partial charge in [0.1, 0.15) is 0 Å². The molecular formula is C20H28O8P2. The third-order valence-electron chi connectivity index (χ3n) is 4.30. The summed E-state index contributed by atoms with van der Waals surface area (Å²) < 4.78 is 33.9. The number of allylic oxidation sites excluding steroid dienone is 2. The maximum atomic E-state index is 12.4. The number of benzene rings is 1. The summed E-state index contributed by atoms with van der Waals surface area (Å²) in [7, 11) is -8.80. The SMILES string of the molecule is CCC(=CP(=O)(O)OC(=O)c1ccccc1C(=O)OP(=O)(O)C=C(CC)CC)CC. The lowest BCUT2D eigenvalue weighted by molar-refractivity contribution is 0.0676. The lowest BCUT2D eigenvalue weighted by Gasteiger charge is -2.14. The molecule has 0 aliphatic carbocycles. The Labute approximate surface area is 176 Å². The van der Waals surface area contributed by atoms with Crippen molar-refractivity contribution in [2.24, 2.45) is 0 Å². The highest BCUT2D eigenvalue weighted by atomic mass is 31.2. The van der Waals surface area contributed by atoms with Crippen LogP contribution in [0.5, 0.6) is 0 Å². The fourth-order valence-corrected chi connectivity index (χ4v) is 4.98. The minimum atomic E-state index is -4.40. The lowest BCUT2D eigenvalue weighted by Crippen LogP contribution is -2.12. The van der Waals surface area contributed by atoms with Crippen molar-refractivity contribution >= 4 is 27.1 Å². The van der Waals surface area contributed by atoms with Crippen LogP contribution < -0.4 is 0 Å². The van der Waals surface area contributed by atoms with Crippen molar-refractivity contribution in [3.8, 4) is 0 Å². The predicted molar refractivity (Wildman–Crippen MR) is 114 cm³/mol. The van der Waals surface area contributed by atoms with Crippen LogP contribution in [0.2, 0.25) is 0 Å². The smallest absolute Gasteiger partial charge is 0.385 e. The van der Waals surface area contributed by atoms with Crippen LogP contribution in [0.3, 0.4) is 0 Å². The first-order chi connectivity index (χ1) is 14.0. The van der Waals surface area contributed by atoms with Gasteiger partial charge < -0.3 is 18.8 Å². The molecule has 10 heteroatoms. The number of carbonyl (C=O) groups excluding carboxylic acids is 2. The third kappa shape index (κ3) is 8.04. The van der Waals surface area contributed by atoms with Crippen molar-refractivity contribution in [3.63, 3.8) is 0 Å². The van der Waals surface area contributed by atoms with E-state index in [0.29, 0.717) is 36.8 Å². The normalized spacial score (nSPS) is 14.6. The van der Waals surface area contributed by atoms with Crippen molar-refractivity contribution in [1.29, 1.82) is 0 Å². The minimum Gasteiger partial charge on any atom is -0.385 e. The lowest BCUT2D eigenvalue weighted by atomic mass is 10.1. The van der Waals surface area contributed by atoms with Crippen molar-refractivity contribution in [2.45, 2.75) is 53.4 Å². The van der Waals surface area contributed by atoms with E-state index in [1.807, 2.05) is 0 Å². The molecule has 166 valence electrons. The molecule has 8 nitrogen and oxygen atoms in total. The van der Waals surface area contributed by atoms with E-state index in [-0.39, 0.29) is 11.1 Å². The molecule has 2 N–H and O–H groups in total. The second kappa shape index (κ2) is 11.4. The second-order valence-corrected chi connectivity index (χ2v) is 9.56. The van der Waals surface area contributed by atoms with Crippen molar-refractivity contribution < 1.29 is 37.6 Å². The summed E-state index contributed by atoms with van der Waals surface area (Å²) in [4.78, 5) is 44.8. The van der Waals surface area contributed by atoms with Gasteiger partial charge in [-0.3, -0.25) is 0 Å². The Hall–Kier alpha value is -1.98. The van der Waals surface area contributed by atoms with Gasteiger partial charge in [-0.1, -0.05) is 51.0 Å². The Bertz CT molecular complexity index is 845. The molecule has 1 rings (SSSR count). The van der Waals surface area contributed by atoms with Crippen LogP contribution in [-0.2, 0) is 18.2 Å². The molecule has 0 amide bonds. The molecule has 0 aliphatic heterocycles. The van der Waals surface area contributed by atoms with Crippen LogP contribution in [0.15, 0.2) is 47.0 Å². The van der Waals surface area contributed by atoms with Gasteiger partial charge in [0, 0.05) is 11.6 Å². The summed E-state index contributed by atoms with van der Waals surface area (Å²) in [6.45, 7) is 7.19. The molecular weight excluding hydrogens is 430 g/mol. The zero-order chi connectivity index (χ0) is 22.9. The average molecular weight is 458 g/mol. The minimum absolute atomic E-state index is 0.352. The van der Waals surface area contributed by atoms with Crippen LogP contribution in [-0.4, -0.2) is 21.7 Å². The quantitative estimate of drug-likeness (QED) is 0.423. The number of rotatable bonds is 10. The van der Waals surface area contributed by atoms with Gasteiger partial charge in [-0.25, -0.2) is 18.7 Å². The fourth-order valence-electron chi connectivity index (χ4n) is 2.55. The first-order valence-corrected chi connectivity index (χ1v) is 12.9. The van der Waals surface area contributed by atoms with Crippen LogP contribution in [0, 0.1) is 0 Å². The molecule has 2 unspecified atom stereocenters. The summed E-state index contributed by atoms with van der Waals surface area (Å²) in [5.74, 6) is -0.421. The van der Waals surface area contributed by atoms with Crippen molar-refractivity contribution in [1.82, 2.24) is 0 Å². The first kappa shape index (κ1) is 26.1. The molecule has 0 aliphatic rings. The molecule has 0 aromatic heterocycles. The number of hydrogen-bond donors (Lipinski definition) is 2. The number of carbonyl (C=O) groups is 2. The molecule has 2 atom stereocenters. The van der Waals surface area contributed by atoms with E-state index in [2.05, 4.69) is 0 Å². The Morgan fingerprint density at radius 3 is 1.33 bits per heavy atom. The molecule has 1 aromatic rings. The molecule has 0 saturated carbocycles. The van der Waals surface area contributed by atoms with Crippen LogP contribution in [0.4, 0.5) is 0 Å². The third-order valence-corrected chi connectivity index (χ3v) is 6.54. The van der Waals surface area contributed by atoms with Gasteiger partial charge in [-0.2, -0.15) is 0 Å². The van der Waals surface area contributed by atoms with E-state index in [9.17, 15) is 28.5 Å². The molecule has 0 bridgehead atoms. The van der Waals surface area contributed by atoms with Gasteiger partial charge in [0.25, 0.3) is 0 Å². The summed E-state index contributed by atoms with van der Waals surface area (Å²) in [5, 5.41) is 0. The summed E-state index contributed by atoms with van der Waals surface area (Å²) in [6.07, 6.45) is 2.05. The van der Waals surface area contributed by atoms with Crippen LogP contribution in [0.25, 0.3) is 0 Å². The van der Waals surface area contributed by atoms with E-state index in [1.165, 1.54) is 24.3 Å². The summed E-state index contributed by atoms with van der Waals surface area (Å²) >= 11 is 0. The Morgan fingerprint density at radius 2 is 1.07 bits per heavy atom. The van der Waals surface area contributed by atoms with Crippen molar-refractivity contribution in [3.05, 3.63) is 58.2 Å². The van der Waals surface area contributed by atoms with Crippen molar-refractivity contribution in [2.75, 3.05) is 0 Å². The van der Waals surface area contributed by atoms with E-state index in [0.717, 1.165) is 11.6 Å². The van der Waals surface area contributed by atoms with Gasteiger partial charge in [-0.15, -0.1) is 0 Å². The van der Waals surface area contributed by atoms with Gasteiger partial charge in [0.15, 0.2) is 0 Å². The van der Waals surface area contributed by atoms with E-state index in [1.54, 1.807) is 27.7 Å². The topological polar surface area (TPSA) is 127 Å². The molecule has 1 aromatic carbocycles. The fraction of sp³-hybridized carbons (Fsp3) is 0.400. The Balaban J connectivity index is 3.15. The zero-order valence-corrected chi connectivity index (χ0v) is 19.3. The summed E-state index contributed by atoms with van der Waals surface area (Å²) in [6, 6.07) is 5.23. The van der Waals surface area contributed by atoms with Gasteiger partial charge in [-0.05, 0) is 37.8 Å². The van der Waals surface area contributed by atoms with Crippen LogP contribution >= 0.6 is 15.2 Å². The molecule has 0 fully saturated rings. The van der Waals surface area contributed by atoms with Gasteiger partial charge >= 0.3 is 27.1 Å².